The SMILES string of the molecule is C[C@@H]1CN([C@H](C)CO)C(=O)c2cccc(NC(=O)Nc3ccc(C(F)(F)F)cc3)c2O[C@H]1CN(C)S(=O)(=O)c1ccc(Cl)cc1. The second-order valence-electron chi connectivity index (χ2n) is 10.7. The van der Waals surface area contributed by atoms with Crippen molar-refractivity contribution in [2.45, 2.75) is 37.1 Å². The summed E-state index contributed by atoms with van der Waals surface area (Å²) in [6.07, 6.45) is -5.37. The molecule has 0 saturated carbocycles. The summed E-state index contributed by atoms with van der Waals surface area (Å²) in [7, 11) is -2.58. The van der Waals surface area contributed by atoms with Crippen LogP contribution in [0.5, 0.6) is 5.75 Å². The molecule has 0 aliphatic carbocycles. The first kappa shape index (κ1) is 34.0. The van der Waals surface area contributed by atoms with E-state index in [2.05, 4.69) is 10.6 Å². The van der Waals surface area contributed by atoms with Crippen molar-refractivity contribution in [2.24, 2.45) is 5.92 Å². The van der Waals surface area contributed by atoms with Gasteiger partial charge in [0.05, 0.1) is 40.9 Å². The molecule has 3 aromatic rings. The van der Waals surface area contributed by atoms with Gasteiger partial charge >= 0.3 is 12.2 Å². The van der Waals surface area contributed by atoms with E-state index in [4.69, 9.17) is 16.3 Å². The zero-order chi connectivity index (χ0) is 33.1. The molecular formula is C30H32ClF3N4O6S. The minimum Gasteiger partial charge on any atom is -0.486 e. The molecule has 15 heteroatoms. The molecule has 1 heterocycles. The van der Waals surface area contributed by atoms with Crippen LogP contribution >= 0.6 is 11.6 Å². The molecule has 1 aliphatic heterocycles. The number of ether oxygens (including phenoxy) is 1. The number of urea groups is 1. The normalized spacial score (nSPS) is 18.0. The minimum absolute atomic E-state index is 0.0151. The molecule has 0 saturated heterocycles. The maximum absolute atomic E-state index is 13.7. The summed E-state index contributed by atoms with van der Waals surface area (Å²) >= 11 is 5.93. The highest BCUT2D eigenvalue weighted by Crippen LogP contribution is 2.36. The molecule has 3 N–H and O–H groups in total. The number of amides is 3. The third kappa shape index (κ3) is 7.87. The van der Waals surface area contributed by atoms with Gasteiger partial charge in [-0.25, -0.2) is 13.2 Å². The minimum atomic E-state index is -4.54. The second-order valence-corrected chi connectivity index (χ2v) is 13.2. The van der Waals surface area contributed by atoms with Gasteiger partial charge < -0.3 is 25.4 Å². The number of hydrogen-bond acceptors (Lipinski definition) is 6. The molecular weight excluding hydrogens is 637 g/mol. The van der Waals surface area contributed by atoms with Crippen molar-refractivity contribution in [1.82, 2.24) is 9.21 Å². The number of alkyl halides is 3. The average Bonchev–Trinajstić information content (AvgIpc) is 2.98. The van der Waals surface area contributed by atoms with Crippen molar-refractivity contribution in [3.63, 3.8) is 0 Å². The molecule has 0 unspecified atom stereocenters. The highest BCUT2D eigenvalue weighted by Gasteiger charge is 2.36. The van der Waals surface area contributed by atoms with Crippen molar-refractivity contribution in [1.29, 1.82) is 0 Å². The van der Waals surface area contributed by atoms with Crippen LogP contribution in [0.15, 0.2) is 71.6 Å². The van der Waals surface area contributed by atoms with Crippen molar-refractivity contribution in [2.75, 3.05) is 37.4 Å². The van der Waals surface area contributed by atoms with E-state index < -0.39 is 51.8 Å². The Morgan fingerprint density at radius 2 is 1.76 bits per heavy atom. The topological polar surface area (TPSA) is 128 Å². The highest BCUT2D eigenvalue weighted by molar-refractivity contribution is 7.89. The number of carbonyl (C=O) groups is 2. The maximum atomic E-state index is 13.7. The van der Waals surface area contributed by atoms with E-state index in [0.717, 1.165) is 28.6 Å². The van der Waals surface area contributed by atoms with Crippen molar-refractivity contribution in [3.05, 3.63) is 82.9 Å². The Morgan fingerprint density at radius 1 is 1.11 bits per heavy atom. The van der Waals surface area contributed by atoms with Crippen molar-refractivity contribution in [3.8, 4) is 5.75 Å². The molecule has 3 atom stereocenters. The maximum Gasteiger partial charge on any atom is 0.416 e. The van der Waals surface area contributed by atoms with E-state index in [1.165, 1.54) is 54.4 Å². The summed E-state index contributed by atoms with van der Waals surface area (Å²) in [6, 6.07) is 12.6. The summed E-state index contributed by atoms with van der Waals surface area (Å²) < 4.78 is 73.0. The van der Waals surface area contributed by atoms with Crippen molar-refractivity contribution >= 4 is 44.9 Å². The van der Waals surface area contributed by atoms with Crippen LogP contribution in [0.4, 0.5) is 29.3 Å². The Bertz CT molecular complexity index is 1640. The summed E-state index contributed by atoms with van der Waals surface area (Å²) in [6.45, 7) is 3.09. The lowest BCUT2D eigenvalue weighted by atomic mass is 9.99. The van der Waals surface area contributed by atoms with E-state index in [0.29, 0.717) is 5.02 Å². The number of nitrogens with one attached hydrogen (secondary N) is 2. The zero-order valence-electron chi connectivity index (χ0n) is 24.5. The summed E-state index contributed by atoms with van der Waals surface area (Å²) in [5.41, 5.74) is -0.679. The second kappa shape index (κ2) is 13.6. The van der Waals surface area contributed by atoms with Crippen LogP contribution in [0.2, 0.25) is 5.02 Å². The molecule has 4 rings (SSSR count). The third-order valence-corrected chi connectivity index (χ3v) is 9.46. The molecule has 45 heavy (non-hydrogen) atoms. The molecule has 0 fully saturated rings. The van der Waals surface area contributed by atoms with Crippen LogP contribution in [0.25, 0.3) is 0 Å². The van der Waals surface area contributed by atoms with Gasteiger partial charge in [-0.05, 0) is 67.6 Å². The fraction of sp³-hybridized carbons (Fsp3) is 0.333. The van der Waals surface area contributed by atoms with Gasteiger partial charge in [-0.15, -0.1) is 0 Å². The van der Waals surface area contributed by atoms with Crippen molar-refractivity contribution < 1.29 is 41.0 Å². The van der Waals surface area contributed by atoms with Crippen LogP contribution in [-0.4, -0.2) is 73.6 Å². The van der Waals surface area contributed by atoms with E-state index in [1.807, 2.05) is 0 Å². The lowest BCUT2D eigenvalue weighted by Gasteiger charge is -2.38. The van der Waals surface area contributed by atoms with Gasteiger partial charge in [-0.1, -0.05) is 24.6 Å². The Hall–Kier alpha value is -3.85. The molecule has 0 aromatic heterocycles. The van der Waals surface area contributed by atoms with Gasteiger partial charge in [0.15, 0.2) is 5.75 Å². The van der Waals surface area contributed by atoms with Gasteiger partial charge in [-0.2, -0.15) is 17.5 Å². The number of rotatable bonds is 8. The zero-order valence-corrected chi connectivity index (χ0v) is 26.1. The molecule has 0 bridgehead atoms. The number of benzene rings is 3. The first-order valence-electron chi connectivity index (χ1n) is 13.8. The summed E-state index contributed by atoms with van der Waals surface area (Å²) in [5, 5.41) is 15.3. The van der Waals surface area contributed by atoms with Gasteiger partial charge in [0.1, 0.15) is 6.10 Å². The first-order valence-corrected chi connectivity index (χ1v) is 15.6. The summed E-state index contributed by atoms with van der Waals surface area (Å²) in [5.74, 6) is -0.965. The number of carbonyl (C=O) groups excluding carboxylic acids is 2. The molecule has 242 valence electrons. The van der Waals surface area contributed by atoms with Crippen LogP contribution in [0, 0.1) is 5.92 Å². The molecule has 3 amide bonds. The number of likely N-dealkylation sites (N-methyl/N-ethyl adjacent to an activating group) is 1. The van der Waals surface area contributed by atoms with E-state index >= 15 is 0 Å². The molecule has 0 radical (unpaired) electrons. The van der Waals surface area contributed by atoms with Crippen LogP contribution < -0.4 is 15.4 Å². The fourth-order valence-electron chi connectivity index (χ4n) is 4.72. The smallest absolute Gasteiger partial charge is 0.416 e. The molecule has 0 spiro atoms. The predicted molar refractivity (Wildman–Crippen MR) is 163 cm³/mol. The Labute approximate surface area is 263 Å². The number of fused-ring (bicyclic) bond motifs is 1. The van der Waals surface area contributed by atoms with Gasteiger partial charge in [0, 0.05) is 30.2 Å². The summed E-state index contributed by atoms with van der Waals surface area (Å²) in [4.78, 5) is 28.1. The number of sulfonamides is 1. The van der Waals surface area contributed by atoms with Crippen LogP contribution in [0.1, 0.15) is 29.8 Å². The number of aliphatic hydroxyl groups is 1. The lowest BCUT2D eigenvalue weighted by Crippen LogP contribution is -2.50. The Balaban J connectivity index is 1.65. The van der Waals surface area contributed by atoms with Gasteiger partial charge in [0.25, 0.3) is 5.91 Å². The average molecular weight is 669 g/mol. The molecule has 3 aromatic carbocycles. The molecule has 1 aliphatic rings. The van der Waals surface area contributed by atoms with Gasteiger partial charge in [0.2, 0.25) is 10.0 Å². The monoisotopic (exact) mass is 668 g/mol. The number of hydrogen-bond donors (Lipinski definition) is 3. The Kier molecular flexibility index (Phi) is 10.3. The van der Waals surface area contributed by atoms with Crippen LogP contribution in [-0.2, 0) is 16.2 Å². The van der Waals surface area contributed by atoms with E-state index in [9.17, 15) is 36.3 Å². The highest BCUT2D eigenvalue weighted by atomic mass is 35.5. The third-order valence-electron chi connectivity index (χ3n) is 7.37. The number of anilines is 2. The fourth-order valence-corrected chi connectivity index (χ4v) is 6.03. The standard InChI is InChI=1S/C30H32ClF3N4O6S/c1-18-15-38(19(2)17-39)28(40)24-5-4-6-25(36-29(41)35-22-11-7-20(8-12-22)30(32,33)34)27(24)44-26(18)16-37(3)45(42,43)23-13-9-21(31)10-14-23/h4-14,18-19,26,39H,15-17H2,1-3H3,(H2,35,36,41)/t18-,19-,26+/m1/s1. The number of para-hydroxylation sites is 1. The first-order chi connectivity index (χ1) is 21.1. The number of aliphatic hydroxyl groups excluding tert-OH is 1. The number of halogens is 4. The van der Waals surface area contributed by atoms with Crippen LogP contribution in [0.3, 0.4) is 0 Å². The van der Waals surface area contributed by atoms with Gasteiger partial charge in [-0.3, -0.25) is 4.79 Å². The quantitative estimate of drug-likeness (QED) is 0.289. The predicted octanol–water partition coefficient (Wildman–Crippen LogP) is 5.54. The Morgan fingerprint density at radius 3 is 2.36 bits per heavy atom. The van der Waals surface area contributed by atoms with E-state index in [1.54, 1.807) is 13.8 Å². The largest absolute Gasteiger partial charge is 0.486 e. The molecule has 10 nitrogen and oxygen atoms in total. The number of nitrogens with zero attached hydrogens (tertiary/aromatic N) is 2. The lowest BCUT2D eigenvalue weighted by molar-refractivity contribution is -0.137. The van der Waals surface area contributed by atoms with E-state index in [-0.39, 0.29) is 47.3 Å².